The summed E-state index contributed by atoms with van der Waals surface area (Å²) in [7, 11) is -1.49. The van der Waals surface area contributed by atoms with Gasteiger partial charge in [-0.15, -0.1) is 0 Å². The molecule has 2 heteroatoms. The Morgan fingerprint density at radius 3 is 2.50 bits per heavy atom. The summed E-state index contributed by atoms with van der Waals surface area (Å²) in [6, 6.07) is 0. The maximum absolute atomic E-state index is 9.95. The largest absolute Gasteiger partial charge is 0.332 e. The predicted octanol–water partition coefficient (Wildman–Crippen LogP) is 1.07. The van der Waals surface area contributed by atoms with E-state index in [-0.39, 0.29) is 13.3 Å². The zero-order valence-corrected chi connectivity index (χ0v) is 3.16. The van der Waals surface area contributed by atoms with E-state index < -0.39 is 7.80 Å². The molecule has 4 heavy (non-hydrogen) atoms. The van der Waals surface area contributed by atoms with Crippen molar-refractivity contribution in [3.8, 4) is 0 Å². The van der Waals surface area contributed by atoms with Gasteiger partial charge in [0.15, 0.2) is 0 Å². The summed E-state index contributed by atoms with van der Waals surface area (Å²) in [4.78, 5) is 0. The SMILES string of the molecule is [2H]C[P+](=O)C[2H]. The Morgan fingerprint density at radius 1 is 2.00 bits per heavy atom. The van der Waals surface area contributed by atoms with Gasteiger partial charge in [0, 0.05) is 0 Å². The van der Waals surface area contributed by atoms with Crippen LogP contribution in [-0.4, -0.2) is 13.3 Å². The van der Waals surface area contributed by atoms with E-state index in [9.17, 15) is 4.57 Å². The first-order chi connectivity index (χ1) is 2.81. The third kappa shape index (κ3) is 254. The molecular weight excluding hydrogens is 71.0 g/mol. The smallest absolute Gasteiger partial charge is 0.0755 e. The first-order valence-electron chi connectivity index (χ1n) is 2.23. The molecule has 0 atom stereocenters. The van der Waals surface area contributed by atoms with Crippen LogP contribution >= 0.6 is 7.80 Å². The minimum atomic E-state index is -1.49. The van der Waals surface area contributed by atoms with Gasteiger partial charge < -0.3 is 0 Å². The zero-order valence-electron chi connectivity index (χ0n) is 4.27. The summed E-state index contributed by atoms with van der Waals surface area (Å²) in [6.07, 6.45) is 0. The second kappa shape index (κ2) is 1.42. The summed E-state index contributed by atoms with van der Waals surface area (Å²) in [5.74, 6) is 0. The third-order valence-electron chi connectivity index (χ3n) is 0. The molecule has 0 bridgehead atoms. The Hall–Kier alpha value is 0.100. The van der Waals surface area contributed by atoms with Crippen molar-refractivity contribution in [2.75, 3.05) is 13.3 Å². The quantitative estimate of drug-likeness (QED) is 0.397. The lowest BCUT2D eigenvalue weighted by Crippen LogP contribution is -1.33. The summed E-state index contributed by atoms with van der Waals surface area (Å²) in [6.45, 7) is -0.197. The first kappa shape index (κ1) is 1.51. The van der Waals surface area contributed by atoms with Gasteiger partial charge in [0.05, 0.1) is 2.74 Å². The van der Waals surface area contributed by atoms with Crippen LogP contribution in [0.5, 0.6) is 0 Å². The lowest BCUT2D eigenvalue weighted by molar-refractivity contribution is 0.594. The van der Waals surface area contributed by atoms with Crippen LogP contribution in [0.25, 0.3) is 0 Å². The van der Waals surface area contributed by atoms with Crippen LogP contribution in [0.1, 0.15) is 2.74 Å². The van der Waals surface area contributed by atoms with Crippen LogP contribution in [0.3, 0.4) is 0 Å². The van der Waals surface area contributed by atoms with E-state index >= 15 is 0 Å². The Bertz CT molecular complexity index is 49.5. The van der Waals surface area contributed by atoms with Crippen LogP contribution < -0.4 is 0 Å². The lowest BCUT2D eigenvalue weighted by Gasteiger charge is -1.37. The van der Waals surface area contributed by atoms with Crippen molar-refractivity contribution in [1.82, 2.24) is 0 Å². The van der Waals surface area contributed by atoms with Crippen molar-refractivity contribution in [1.29, 1.82) is 0 Å². The Labute approximate surface area is 29.6 Å². The molecule has 0 N–H and O–H groups in total. The van der Waals surface area contributed by atoms with E-state index in [2.05, 4.69) is 0 Å². The summed E-state index contributed by atoms with van der Waals surface area (Å²) < 4.78 is 22.8. The van der Waals surface area contributed by atoms with E-state index in [1.54, 1.807) is 0 Å². The topological polar surface area (TPSA) is 17.1 Å². The van der Waals surface area contributed by atoms with Gasteiger partial charge in [0.1, 0.15) is 13.3 Å². The van der Waals surface area contributed by atoms with Crippen LogP contribution in [-0.2, 0) is 4.57 Å². The second-order valence-corrected chi connectivity index (χ2v) is 1.45. The first-order valence-corrected chi connectivity index (χ1v) is 2.45. The Kier molecular flexibility index (Phi) is 0.539. The average molecular weight is 79.1 g/mol. The van der Waals surface area contributed by atoms with Crippen molar-refractivity contribution in [2.24, 2.45) is 0 Å². The Balaban J connectivity index is 2.99. The lowest BCUT2D eigenvalue weighted by atomic mass is 11.9. The van der Waals surface area contributed by atoms with Crippen LogP contribution in [0.4, 0.5) is 0 Å². The molecule has 0 aromatic rings. The van der Waals surface area contributed by atoms with Gasteiger partial charge in [-0.25, -0.2) is 0 Å². The van der Waals surface area contributed by atoms with Crippen molar-refractivity contribution in [3.05, 3.63) is 0 Å². The fraction of sp³-hybridized carbons (Fsp3) is 1.00. The van der Waals surface area contributed by atoms with Crippen LogP contribution in [0, 0.1) is 0 Å². The maximum atomic E-state index is 9.95. The molecule has 0 aromatic carbocycles. The fourth-order valence-electron chi connectivity index (χ4n) is 0. The highest BCUT2D eigenvalue weighted by Crippen LogP contribution is 2.00. The molecule has 0 radical (unpaired) electrons. The maximum Gasteiger partial charge on any atom is 0.332 e. The molecule has 0 saturated heterocycles. The average Bonchev–Trinajstić information content (AvgIpc) is 1.65. The number of hydrogen-bond acceptors (Lipinski definition) is 1. The van der Waals surface area contributed by atoms with Crippen molar-refractivity contribution >= 4 is 7.80 Å². The van der Waals surface area contributed by atoms with Crippen molar-refractivity contribution in [2.45, 2.75) is 0 Å². The molecule has 0 aliphatic heterocycles. The molecule has 0 aliphatic carbocycles. The summed E-state index contributed by atoms with van der Waals surface area (Å²) in [5, 5.41) is 0. The minimum absolute atomic E-state index is 0.0984. The molecule has 0 fully saturated rings. The van der Waals surface area contributed by atoms with Gasteiger partial charge in [-0.2, -0.15) is 0 Å². The van der Waals surface area contributed by atoms with Gasteiger partial charge in [0.2, 0.25) is 0 Å². The summed E-state index contributed by atoms with van der Waals surface area (Å²) in [5.41, 5.74) is 0. The molecule has 0 heterocycles. The van der Waals surface area contributed by atoms with Gasteiger partial charge >= 0.3 is 7.80 Å². The van der Waals surface area contributed by atoms with Crippen molar-refractivity contribution in [3.63, 3.8) is 0 Å². The predicted molar refractivity (Wildman–Crippen MR) is 19.5 cm³/mol. The normalized spacial score (nSPS) is 13.0. The molecule has 0 saturated carbocycles. The Morgan fingerprint density at radius 2 is 2.50 bits per heavy atom. The van der Waals surface area contributed by atoms with Crippen molar-refractivity contribution < 1.29 is 7.31 Å². The standard InChI is InChI=1S/C2H6OP/c1-4(2)3/h1-2H3/q+1/i1D,2D. The molecule has 0 rings (SSSR count). The molecular formula is C2H6OP+. The molecule has 0 spiro atoms. The molecule has 1 nitrogen and oxygen atoms in total. The van der Waals surface area contributed by atoms with Crippen LogP contribution in [0.15, 0.2) is 0 Å². The zero-order chi connectivity index (χ0) is 4.99. The van der Waals surface area contributed by atoms with E-state index in [1.807, 2.05) is 0 Å². The van der Waals surface area contributed by atoms with Crippen LogP contribution in [0.2, 0.25) is 0 Å². The summed E-state index contributed by atoms with van der Waals surface area (Å²) >= 11 is 0. The number of rotatable bonds is 0. The van der Waals surface area contributed by atoms with Gasteiger partial charge in [-0.05, 0) is 0 Å². The molecule has 0 amide bonds. The third-order valence-corrected chi connectivity index (χ3v) is 0. The van der Waals surface area contributed by atoms with Gasteiger partial charge in [-0.1, -0.05) is 4.57 Å². The highest BCUT2D eigenvalue weighted by molar-refractivity contribution is 7.42. The van der Waals surface area contributed by atoms with Gasteiger partial charge in [-0.3, -0.25) is 0 Å². The fourth-order valence-corrected chi connectivity index (χ4v) is 0. The highest BCUT2D eigenvalue weighted by Gasteiger charge is 1.80. The van der Waals surface area contributed by atoms with E-state index in [0.29, 0.717) is 0 Å². The molecule has 0 aromatic heterocycles. The molecule has 0 unspecified atom stereocenters. The highest BCUT2D eigenvalue weighted by atomic mass is 31.1. The second-order valence-electron chi connectivity index (χ2n) is 0.482. The van der Waals surface area contributed by atoms with E-state index in [0.717, 1.165) is 0 Å². The number of hydrogen-bond donors (Lipinski definition) is 0. The van der Waals surface area contributed by atoms with Gasteiger partial charge in [0.25, 0.3) is 0 Å². The van der Waals surface area contributed by atoms with E-state index in [4.69, 9.17) is 2.74 Å². The van der Waals surface area contributed by atoms with E-state index in [1.165, 1.54) is 0 Å². The monoisotopic (exact) mass is 79.0 g/mol. The minimum Gasteiger partial charge on any atom is -0.0755 e. The molecule has 0 aliphatic rings. The molecule has 24 valence electrons.